The molecule has 0 bridgehead atoms. The fraction of sp³-hybridized carbons (Fsp3) is 0.136. The number of aromatic nitrogens is 1. The third kappa shape index (κ3) is 5.26. The first-order valence-corrected chi connectivity index (χ1v) is 10.7. The minimum atomic E-state index is -0.527. The Bertz CT molecular complexity index is 1130. The molecular formula is C22H18BrN3O3S. The molecule has 30 heavy (non-hydrogen) atoms. The Morgan fingerprint density at radius 1 is 1.30 bits per heavy atom. The quantitative estimate of drug-likeness (QED) is 0.352. The lowest BCUT2D eigenvalue weighted by atomic mass is 10.1. The molecule has 8 heteroatoms. The van der Waals surface area contributed by atoms with Crippen molar-refractivity contribution in [1.29, 1.82) is 5.26 Å². The van der Waals surface area contributed by atoms with Crippen molar-refractivity contribution in [2.24, 2.45) is 0 Å². The van der Waals surface area contributed by atoms with E-state index >= 15 is 0 Å². The van der Waals surface area contributed by atoms with Crippen molar-refractivity contribution in [2.45, 2.75) is 6.92 Å². The van der Waals surface area contributed by atoms with E-state index < -0.39 is 5.91 Å². The van der Waals surface area contributed by atoms with Crippen LogP contribution in [0.3, 0.4) is 0 Å². The molecule has 0 aliphatic rings. The Hall–Kier alpha value is -3.15. The fourth-order valence-electron chi connectivity index (χ4n) is 2.64. The van der Waals surface area contributed by atoms with E-state index in [1.54, 1.807) is 18.2 Å². The van der Waals surface area contributed by atoms with Crippen LogP contribution in [0.2, 0.25) is 0 Å². The van der Waals surface area contributed by atoms with E-state index in [0.29, 0.717) is 28.8 Å². The Labute approximate surface area is 186 Å². The summed E-state index contributed by atoms with van der Waals surface area (Å²) in [6, 6.07) is 14.9. The van der Waals surface area contributed by atoms with Gasteiger partial charge in [0.05, 0.1) is 19.4 Å². The molecule has 1 aromatic heterocycles. The van der Waals surface area contributed by atoms with Gasteiger partial charge in [-0.3, -0.25) is 10.1 Å². The molecule has 3 rings (SSSR count). The number of nitrogens with one attached hydrogen (secondary N) is 1. The van der Waals surface area contributed by atoms with Crippen molar-refractivity contribution in [3.63, 3.8) is 0 Å². The Morgan fingerprint density at radius 2 is 2.13 bits per heavy atom. The molecule has 0 aliphatic heterocycles. The number of carbonyl (C=O) groups is 1. The monoisotopic (exact) mass is 483 g/mol. The summed E-state index contributed by atoms with van der Waals surface area (Å²) in [7, 11) is 1.54. The molecule has 0 unspecified atom stereocenters. The summed E-state index contributed by atoms with van der Waals surface area (Å²) in [5.41, 5.74) is 2.28. The first-order valence-electron chi connectivity index (χ1n) is 8.99. The second-order valence-corrected chi connectivity index (χ2v) is 7.79. The molecule has 0 fully saturated rings. The highest BCUT2D eigenvalue weighted by Gasteiger charge is 2.13. The molecule has 152 valence electrons. The van der Waals surface area contributed by atoms with Gasteiger partial charge in [0.25, 0.3) is 5.91 Å². The molecule has 0 saturated carbocycles. The molecule has 2 aromatic carbocycles. The highest BCUT2D eigenvalue weighted by atomic mass is 79.9. The van der Waals surface area contributed by atoms with Crippen molar-refractivity contribution in [1.82, 2.24) is 4.98 Å². The molecule has 1 heterocycles. The Balaban J connectivity index is 1.78. The predicted octanol–water partition coefficient (Wildman–Crippen LogP) is 5.53. The first-order chi connectivity index (χ1) is 14.5. The molecular weight excluding hydrogens is 466 g/mol. The zero-order valence-electron chi connectivity index (χ0n) is 16.3. The molecule has 1 N–H and O–H groups in total. The number of ether oxygens (including phenoxy) is 2. The van der Waals surface area contributed by atoms with Crippen molar-refractivity contribution >= 4 is 44.4 Å². The average molecular weight is 484 g/mol. The largest absolute Gasteiger partial charge is 0.493 e. The van der Waals surface area contributed by atoms with Crippen LogP contribution in [0.15, 0.2) is 57.9 Å². The number of nitriles is 1. The maximum absolute atomic E-state index is 12.6. The molecule has 0 atom stereocenters. The van der Waals surface area contributed by atoms with Gasteiger partial charge in [-0.1, -0.05) is 34.1 Å². The third-order valence-electron chi connectivity index (χ3n) is 4.01. The van der Waals surface area contributed by atoms with Gasteiger partial charge in [0, 0.05) is 15.4 Å². The van der Waals surface area contributed by atoms with Crippen LogP contribution in [0.25, 0.3) is 17.3 Å². The van der Waals surface area contributed by atoms with Gasteiger partial charge >= 0.3 is 0 Å². The zero-order chi connectivity index (χ0) is 21.5. The molecule has 0 radical (unpaired) electrons. The number of rotatable bonds is 7. The minimum absolute atomic E-state index is 0.0413. The number of nitrogens with zero attached hydrogens (tertiary/aromatic N) is 2. The summed E-state index contributed by atoms with van der Waals surface area (Å²) in [5.74, 6) is 0.602. The molecule has 0 spiro atoms. The van der Waals surface area contributed by atoms with E-state index in [2.05, 4.69) is 26.2 Å². The molecule has 1 amide bonds. The number of benzene rings is 2. The topological polar surface area (TPSA) is 84.2 Å². The summed E-state index contributed by atoms with van der Waals surface area (Å²) >= 11 is 4.73. The summed E-state index contributed by atoms with van der Waals surface area (Å²) < 4.78 is 11.7. The SMILES string of the molecule is CCOc1ccc(/C=C(\C#N)C(=O)Nc2nc(-c3cccc(Br)c3)cs2)cc1OC. The number of hydrogen-bond acceptors (Lipinski definition) is 6. The van der Waals surface area contributed by atoms with E-state index in [-0.39, 0.29) is 5.57 Å². The van der Waals surface area contributed by atoms with E-state index in [0.717, 1.165) is 15.7 Å². The number of anilines is 1. The van der Waals surface area contributed by atoms with Crippen LogP contribution in [-0.2, 0) is 4.79 Å². The maximum Gasteiger partial charge on any atom is 0.268 e. The second kappa shape index (κ2) is 10.1. The minimum Gasteiger partial charge on any atom is -0.493 e. The number of thiazole rings is 1. The van der Waals surface area contributed by atoms with Gasteiger partial charge in [-0.2, -0.15) is 5.26 Å². The number of hydrogen-bond donors (Lipinski definition) is 1. The lowest BCUT2D eigenvalue weighted by Crippen LogP contribution is -2.13. The molecule has 0 aliphatic carbocycles. The van der Waals surface area contributed by atoms with Crippen molar-refractivity contribution in [3.05, 3.63) is 63.5 Å². The lowest BCUT2D eigenvalue weighted by Gasteiger charge is -2.09. The van der Waals surface area contributed by atoms with Crippen LogP contribution in [0.4, 0.5) is 5.13 Å². The van der Waals surface area contributed by atoms with E-state index in [1.807, 2.05) is 42.6 Å². The molecule has 3 aromatic rings. The smallest absolute Gasteiger partial charge is 0.268 e. The van der Waals surface area contributed by atoms with Gasteiger partial charge in [-0.05, 0) is 42.8 Å². The normalized spacial score (nSPS) is 10.9. The van der Waals surface area contributed by atoms with Gasteiger partial charge in [-0.15, -0.1) is 11.3 Å². The fourth-order valence-corrected chi connectivity index (χ4v) is 3.75. The summed E-state index contributed by atoms with van der Waals surface area (Å²) in [6.07, 6.45) is 1.50. The van der Waals surface area contributed by atoms with E-state index in [4.69, 9.17) is 9.47 Å². The summed E-state index contributed by atoms with van der Waals surface area (Å²) in [5, 5.41) is 14.4. The van der Waals surface area contributed by atoms with Gasteiger partial charge in [0.15, 0.2) is 16.6 Å². The van der Waals surface area contributed by atoms with Gasteiger partial charge in [0.1, 0.15) is 11.6 Å². The third-order valence-corrected chi connectivity index (χ3v) is 5.26. The van der Waals surface area contributed by atoms with Crippen LogP contribution < -0.4 is 14.8 Å². The van der Waals surface area contributed by atoms with Crippen LogP contribution >= 0.6 is 27.3 Å². The number of halogens is 1. The lowest BCUT2D eigenvalue weighted by molar-refractivity contribution is -0.112. The van der Waals surface area contributed by atoms with E-state index in [1.165, 1.54) is 24.5 Å². The van der Waals surface area contributed by atoms with Crippen LogP contribution in [-0.4, -0.2) is 24.6 Å². The zero-order valence-corrected chi connectivity index (χ0v) is 18.7. The van der Waals surface area contributed by atoms with Crippen molar-refractivity contribution in [2.75, 3.05) is 19.0 Å². The number of carbonyl (C=O) groups excluding carboxylic acids is 1. The van der Waals surface area contributed by atoms with Crippen molar-refractivity contribution < 1.29 is 14.3 Å². The van der Waals surface area contributed by atoms with Gasteiger partial charge in [-0.25, -0.2) is 4.98 Å². The first kappa shape index (κ1) is 21.6. The van der Waals surface area contributed by atoms with Crippen molar-refractivity contribution in [3.8, 4) is 28.8 Å². The Kier molecular flexibility index (Phi) is 7.22. The molecule has 6 nitrogen and oxygen atoms in total. The standard InChI is InChI=1S/C22H18BrN3O3S/c1-3-29-19-8-7-14(10-20(19)28-2)9-16(12-24)21(27)26-22-25-18(13-30-22)15-5-4-6-17(23)11-15/h4-11,13H,3H2,1-2H3,(H,25,26,27)/b16-9+. The number of methoxy groups -OCH3 is 1. The summed E-state index contributed by atoms with van der Waals surface area (Å²) in [4.78, 5) is 17.0. The Morgan fingerprint density at radius 3 is 2.83 bits per heavy atom. The second-order valence-electron chi connectivity index (χ2n) is 6.02. The van der Waals surface area contributed by atoms with Crippen LogP contribution in [0.5, 0.6) is 11.5 Å². The van der Waals surface area contributed by atoms with Gasteiger partial charge < -0.3 is 9.47 Å². The molecule has 0 saturated heterocycles. The van der Waals surface area contributed by atoms with Crippen LogP contribution in [0.1, 0.15) is 12.5 Å². The predicted molar refractivity (Wildman–Crippen MR) is 122 cm³/mol. The van der Waals surface area contributed by atoms with E-state index in [9.17, 15) is 10.1 Å². The maximum atomic E-state index is 12.6. The average Bonchev–Trinajstić information content (AvgIpc) is 3.21. The highest BCUT2D eigenvalue weighted by molar-refractivity contribution is 9.10. The highest BCUT2D eigenvalue weighted by Crippen LogP contribution is 2.30. The number of amides is 1. The van der Waals surface area contributed by atoms with Gasteiger partial charge in [0.2, 0.25) is 0 Å². The van der Waals surface area contributed by atoms with Crippen LogP contribution in [0, 0.1) is 11.3 Å². The summed E-state index contributed by atoms with van der Waals surface area (Å²) in [6.45, 7) is 2.39.